The molecule has 1 aromatic carbocycles. The summed E-state index contributed by atoms with van der Waals surface area (Å²) in [4.78, 5) is 13.8. The second-order valence-corrected chi connectivity index (χ2v) is 6.08. The summed E-state index contributed by atoms with van der Waals surface area (Å²) < 4.78 is 1.95. The van der Waals surface area contributed by atoms with Gasteiger partial charge in [-0.15, -0.1) is 0 Å². The fourth-order valence-electron chi connectivity index (χ4n) is 3.11. The van der Waals surface area contributed by atoms with Crippen LogP contribution in [0.4, 0.5) is 11.4 Å². The van der Waals surface area contributed by atoms with Crippen LogP contribution in [0.15, 0.2) is 36.7 Å². The molecule has 0 aliphatic carbocycles. The summed E-state index contributed by atoms with van der Waals surface area (Å²) >= 11 is 0. The average Bonchev–Trinajstić information content (AvgIpc) is 3.06. The van der Waals surface area contributed by atoms with Gasteiger partial charge in [0.1, 0.15) is 0 Å². The van der Waals surface area contributed by atoms with Crippen molar-refractivity contribution in [3.8, 4) is 0 Å². The molecule has 0 spiro atoms. The van der Waals surface area contributed by atoms with Gasteiger partial charge in [0, 0.05) is 49.3 Å². The number of aromatic nitrogens is 2. The van der Waals surface area contributed by atoms with Crippen molar-refractivity contribution in [3.05, 3.63) is 42.2 Å². The first-order valence-corrected chi connectivity index (χ1v) is 8.34. The summed E-state index contributed by atoms with van der Waals surface area (Å²) in [6.07, 6.45) is 6.25. The highest BCUT2D eigenvalue weighted by molar-refractivity contribution is 5.96. The molecule has 2 heterocycles. The fourth-order valence-corrected chi connectivity index (χ4v) is 3.11. The van der Waals surface area contributed by atoms with Gasteiger partial charge in [0.15, 0.2) is 0 Å². The Labute approximate surface area is 137 Å². The van der Waals surface area contributed by atoms with Gasteiger partial charge in [-0.25, -0.2) is 0 Å². The molecule has 0 fully saturated rings. The lowest BCUT2D eigenvalue weighted by molar-refractivity contribution is -0.118. The molecule has 1 unspecified atom stereocenters. The summed E-state index contributed by atoms with van der Waals surface area (Å²) in [6.45, 7) is 5.85. The fraction of sp³-hybridized carbons (Fsp3) is 0.444. The first kappa shape index (κ1) is 15.6. The Morgan fingerprint density at radius 1 is 1.35 bits per heavy atom. The smallest absolute Gasteiger partial charge is 0.227 e. The molecular weight excluding hydrogens is 288 g/mol. The van der Waals surface area contributed by atoms with Crippen LogP contribution in [0.5, 0.6) is 0 Å². The summed E-state index contributed by atoms with van der Waals surface area (Å²) in [5.41, 5.74) is 3.45. The molecule has 1 N–H and O–H groups in total. The molecule has 1 aliphatic rings. The van der Waals surface area contributed by atoms with E-state index in [9.17, 15) is 4.79 Å². The Morgan fingerprint density at radius 2 is 2.22 bits per heavy atom. The molecule has 3 rings (SSSR count). The van der Waals surface area contributed by atoms with Crippen molar-refractivity contribution < 1.29 is 4.79 Å². The Bertz CT molecular complexity index is 666. The predicted molar refractivity (Wildman–Crippen MR) is 92.7 cm³/mol. The molecule has 0 saturated heterocycles. The Hall–Kier alpha value is -2.30. The van der Waals surface area contributed by atoms with E-state index in [4.69, 9.17) is 0 Å². The molecule has 2 aromatic rings. The number of anilines is 2. The number of aryl methyl sites for hydroxylation is 2. The molecular formula is C18H24N4O. The highest BCUT2D eigenvalue weighted by atomic mass is 16.2. The third kappa shape index (κ3) is 3.55. The van der Waals surface area contributed by atoms with E-state index in [1.807, 2.05) is 35.0 Å². The van der Waals surface area contributed by atoms with Crippen LogP contribution in [-0.2, 0) is 17.8 Å². The van der Waals surface area contributed by atoms with Crippen LogP contribution in [0.1, 0.15) is 32.3 Å². The second-order valence-electron chi connectivity index (χ2n) is 6.08. The van der Waals surface area contributed by atoms with Crippen molar-refractivity contribution in [2.45, 2.75) is 45.7 Å². The Kier molecular flexibility index (Phi) is 4.65. The normalized spacial score (nSPS) is 15.4. The lowest BCUT2D eigenvalue weighted by Crippen LogP contribution is -2.34. The zero-order valence-corrected chi connectivity index (χ0v) is 13.8. The summed E-state index contributed by atoms with van der Waals surface area (Å²) in [5.74, 6) is 0.230. The van der Waals surface area contributed by atoms with Crippen LogP contribution in [0.25, 0.3) is 0 Å². The monoisotopic (exact) mass is 312 g/mol. The quantitative estimate of drug-likeness (QED) is 0.892. The number of fused-ring (bicyclic) bond motifs is 1. The van der Waals surface area contributed by atoms with E-state index in [0.29, 0.717) is 12.5 Å². The van der Waals surface area contributed by atoms with E-state index < -0.39 is 0 Å². The predicted octanol–water partition coefficient (Wildman–Crippen LogP) is 3.07. The number of amides is 1. The number of carbonyl (C=O) groups is 1. The Morgan fingerprint density at radius 3 is 2.96 bits per heavy atom. The van der Waals surface area contributed by atoms with E-state index in [1.165, 1.54) is 5.56 Å². The molecule has 0 radical (unpaired) electrons. The molecule has 122 valence electrons. The van der Waals surface area contributed by atoms with Crippen molar-refractivity contribution in [2.24, 2.45) is 0 Å². The third-order valence-corrected chi connectivity index (χ3v) is 4.36. The van der Waals surface area contributed by atoms with Gasteiger partial charge in [0.2, 0.25) is 5.91 Å². The van der Waals surface area contributed by atoms with Crippen molar-refractivity contribution in [2.75, 3.05) is 16.8 Å². The van der Waals surface area contributed by atoms with E-state index in [2.05, 4.69) is 35.5 Å². The van der Waals surface area contributed by atoms with E-state index >= 15 is 0 Å². The molecule has 1 aliphatic heterocycles. The minimum absolute atomic E-state index is 0.230. The summed E-state index contributed by atoms with van der Waals surface area (Å²) in [5, 5.41) is 7.78. The Balaban J connectivity index is 1.64. The summed E-state index contributed by atoms with van der Waals surface area (Å²) in [7, 11) is 0. The lowest BCUT2D eigenvalue weighted by atomic mass is 10.00. The van der Waals surface area contributed by atoms with Gasteiger partial charge in [0.25, 0.3) is 0 Å². The topological polar surface area (TPSA) is 50.2 Å². The summed E-state index contributed by atoms with van der Waals surface area (Å²) in [6, 6.07) is 8.64. The molecule has 0 bridgehead atoms. The molecule has 5 heteroatoms. The van der Waals surface area contributed by atoms with Gasteiger partial charge in [-0.3, -0.25) is 9.48 Å². The first-order valence-electron chi connectivity index (χ1n) is 8.34. The number of rotatable bonds is 6. The van der Waals surface area contributed by atoms with Gasteiger partial charge in [0.05, 0.1) is 0 Å². The molecule has 5 nitrogen and oxygen atoms in total. The van der Waals surface area contributed by atoms with Crippen LogP contribution in [-0.4, -0.2) is 28.3 Å². The van der Waals surface area contributed by atoms with Gasteiger partial charge in [-0.05, 0) is 56.5 Å². The van der Waals surface area contributed by atoms with Crippen LogP contribution in [0, 0.1) is 0 Å². The SMILES string of the molecule is CCN1C(=O)CCc2cc(NC(C)CCn3cccn3)ccc21. The number of nitrogens with one attached hydrogen (secondary N) is 1. The first-order chi connectivity index (χ1) is 11.2. The van der Waals surface area contributed by atoms with Crippen LogP contribution < -0.4 is 10.2 Å². The van der Waals surface area contributed by atoms with Crippen LogP contribution in [0.2, 0.25) is 0 Å². The molecule has 1 aromatic heterocycles. The van der Waals surface area contributed by atoms with Gasteiger partial charge >= 0.3 is 0 Å². The number of carbonyl (C=O) groups excluding carboxylic acids is 1. The van der Waals surface area contributed by atoms with Crippen molar-refractivity contribution >= 4 is 17.3 Å². The van der Waals surface area contributed by atoms with Crippen LogP contribution >= 0.6 is 0 Å². The largest absolute Gasteiger partial charge is 0.383 e. The standard InChI is InChI=1S/C18H24N4O/c1-3-22-17-7-6-16(13-15(17)5-8-18(22)23)20-14(2)9-12-21-11-4-10-19-21/h4,6-7,10-11,13-14,20H,3,5,8-9,12H2,1-2H3. The lowest BCUT2D eigenvalue weighted by Gasteiger charge is -2.29. The molecule has 1 atom stereocenters. The minimum atomic E-state index is 0.230. The highest BCUT2D eigenvalue weighted by Gasteiger charge is 2.22. The average molecular weight is 312 g/mol. The molecule has 0 saturated carbocycles. The highest BCUT2D eigenvalue weighted by Crippen LogP contribution is 2.30. The maximum absolute atomic E-state index is 12.0. The van der Waals surface area contributed by atoms with Gasteiger partial charge in [-0.2, -0.15) is 5.10 Å². The van der Waals surface area contributed by atoms with E-state index in [0.717, 1.165) is 37.3 Å². The minimum Gasteiger partial charge on any atom is -0.383 e. The molecule has 1 amide bonds. The number of hydrogen-bond acceptors (Lipinski definition) is 3. The second kappa shape index (κ2) is 6.86. The molecule has 23 heavy (non-hydrogen) atoms. The number of nitrogens with zero attached hydrogens (tertiary/aromatic N) is 3. The van der Waals surface area contributed by atoms with Crippen molar-refractivity contribution in [1.82, 2.24) is 9.78 Å². The van der Waals surface area contributed by atoms with E-state index in [-0.39, 0.29) is 5.91 Å². The van der Waals surface area contributed by atoms with Crippen molar-refractivity contribution in [1.29, 1.82) is 0 Å². The van der Waals surface area contributed by atoms with Gasteiger partial charge in [-0.1, -0.05) is 0 Å². The third-order valence-electron chi connectivity index (χ3n) is 4.36. The number of benzene rings is 1. The van der Waals surface area contributed by atoms with Crippen LogP contribution in [0.3, 0.4) is 0 Å². The maximum atomic E-state index is 12.0. The van der Waals surface area contributed by atoms with E-state index in [1.54, 1.807) is 0 Å². The zero-order valence-electron chi connectivity index (χ0n) is 13.8. The van der Waals surface area contributed by atoms with Crippen molar-refractivity contribution in [3.63, 3.8) is 0 Å². The maximum Gasteiger partial charge on any atom is 0.227 e. The number of hydrogen-bond donors (Lipinski definition) is 1. The zero-order chi connectivity index (χ0) is 16.2. The van der Waals surface area contributed by atoms with Gasteiger partial charge < -0.3 is 10.2 Å².